The molecule has 3 amide bonds. The molecule has 0 saturated carbocycles. The van der Waals surface area contributed by atoms with Crippen LogP contribution in [0.5, 0.6) is 0 Å². The summed E-state index contributed by atoms with van der Waals surface area (Å²) in [6.07, 6.45) is 3.41. The van der Waals surface area contributed by atoms with E-state index in [1.165, 1.54) is 0 Å². The minimum atomic E-state index is -0.413. The summed E-state index contributed by atoms with van der Waals surface area (Å²) in [6.45, 7) is 0.572. The summed E-state index contributed by atoms with van der Waals surface area (Å²) in [4.78, 5) is 39.9. The summed E-state index contributed by atoms with van der Waals surface area (Å²) in [5.74, 6) is -0.574. The van der Waals surface area contributed by atoms with Gasteiger partial charge in [0.25, 0.3) is 11.8 Å². The smallest absolute Gasteiger partial charge is 0.256 e. The second kappa shape index (κ2) is 6.48. The lowest BCUT2D eigenvalue weighted by molar-refractivity contribution is -0.119. The minimum absolute atomic E-state index is 0.151. The molecule has 0 aliphatic carbocycles. The highest BCUT2D eigenvalue weighted by molar-refractivity contribution is 6.14. The summed E-state index contributed by atoms with van der Waals surface area (Å²) in [5, 5.41) is 6.60. The largest absolute Gasteiger partial charge is 0.351 e. The van der Waals surface area contributed by atoms with Crippen molar-refractivity contribution in [3.63, 3.8) is 0 Å². The zero-order valence-electron chi connectivity index (χ0n) is 15.9. The van der Waals surface area contributed by atoms with E-state index in [1.807, 2.05) is 36.0 Å². The molecule has 2 aromatic carbocycles. The Hall–Kier alpha value is -3.61. The molecule has 1 unspecified atom stereocenters. The number of hydrogen-bond donors (Lipinski definition) is 2. The predicted octanol–water partition coefficient (Wildman–Crippen LogP) is 2.99. The third-order valence-electron chi connectivity index (χ3n) is 5.75. The van der Waals surface area contributed by atoms with E-state index >= 15 is 0 Å². The van der Waals surface area contributed by atoms with Crippen LogP contribution in [0.1, 0.15) is 33.6 Å². The van der Waals surface area contributed by atoms with Crippen LogP contribution in [0.2, 0.25) is 0 Å². The van der Waals surface area contributed by atoms with Gasteiger partial charge < -0.3 is 20.1 Å². The number of amides is 3. The second-order valence-electron chi connectivity index (χ2n) is 7.53. The Morgan fingerprint density at radius 2 is 2.03 bits per heavy atom. The van der Waals surface area contributed by atoms with Crippen LogP contribution in [0.15, 0.2) is 48.7 Å². The van der Waals surface area contributed by atoms with Gasteiger partial charge >= 0.3 is 0 Å². The maximum atomic E-state index is 13.0. The number of aryl methyl sites for hydroxylation is 1. The highest BCUT2D eigenvalue weighted by Gasteiger charge is 2.38. The highest BCUT2D eigenvalue weighted by atomic mass is 16.2. The average molecular weight is 388 g/mol. The van der Waals surface area contributed by atoms with E-state index in [4.69, 9.17) is 0 Å². The molecule has 2 aliphatic rings. The fourth-order valence-corrected chi connectivity index (χ4v) is 4.26. The summed E-state index contributed by atoms with van der Waals surface area (Å²) < 4.78 is 1.96. The van der Waals surface area contributed by atoms with Crippen molar-refractivity contribution in [1.29, 1.82) is 0 Å². The van der Waals surface area contributed by atoms with E-state index in [2.05, 4.69) is 10.6 Å². The molecule has 1 aromatic heterocycles. The van der Waals surface area contributed by atoms with Crippen molar-refractivity contribution in [3.8, 4) is 0 Å². The number of nitrogens with zero attached hydrogens (tertiary/aromatic N) is 2. The maximum Gasteiger partial charge on any atom is 0.256 e. The molecule has 2 N–H and O–H groups in total. The standard InChI is InChI=1S/C22H20N4O3/c1-25-11-9-14-15(4-2-5-18(14)25)20(27)23-13-7-8-17-16(12-13)22(29)26-10-3-6-19(26)21(28)24-17/h2,4-5,7-9,11-12,19H,3,6,10H2,1H3,(H,23,27)(H,24,28). The molecule has 2 aliphatic heterocycles. The number of fused-ring (bicyclic) bond motifs is 3. The van der Waals surface area contributed by atoms with Crippen LogP contribution in [-0.4, -0.2) is 39.8 Å². The molecule has 29 heavy (non-hydrogen) atoms. The van der Waals surface area contributed by atoms with Crippen molar-refractivity contribution in [2.24, 2.45) is 7.05 Å². The lowest BCUT2D eigenvalue weighted by Gasteiger charge is -2.20. The Bertz CT molecular complexity index is 1180. The van der Waals surface area contributed by atoms with Crippen LogP contribution >= 0.6 is 0 Å². The summed E-state index contributed by atoms with van der Waals surface area (Å²) >= 11 is 0. The molecule has 7 nitrogen and oxygen atoms in total. The van der Waals surface area contributed by atoms with Gasteiger partial charge in [-0.05, 0) is 49.2 Å². The fraction of sp³-hybridized carbons (Fsp3) is 0.227. The van der Waals surface area contributed by atoms with Crippen LogP contribution < -0.4 is 10.6 Å². The first-order chi connectivity index (χ1) is 14.0. The molecule has 0 radical (unpaired) electrons. The average Bonchev–Trinajstić information content (AvgIpc) is 3.33. The van der Waals surface area contributed by atoms with Crippen LogP contribution in [0, 0.1) is 0 Å². The summed E-state index contributed by atoms with van der Waals surface area (Å²) in [7, 11) is 1.93. The van der Waals surface area contributed by atoms with Crippen LogP contribution in [0.4, 0.5) is 11.4 Å². The highest BCUT2D eigenvalue weighted by Crippen LogP contribution is 2.31. The lowest BCUT2D eigenvalue weighted by atomic mass is 10.1. The second-order valence-corrected chi connectivity index (χ2v) is 7.53. The van der Waals surface area contributed by atoms with Crippen molar-refractivity contribution in [3.05, 3.63) is 59.8 Å². The van der Waals surface area contributed by atoms with E-state index in [1.54, 1.807) is 29.2 Å². The molecule has 1 fully saturated rings. The molecule has 1 saturated heterocycles. The van der Waals surface area contributed by atoms with E-state index in [-0.39, 0.29) is 17.7 Å². The fourth-order valence-electron chi connectivity index (χ4n) is 4.26. The van der Waals surface area contributed by atoms with Gasteiger partial charge in [-0.25, -0.2) is 0 Å². The van der Waals surface area contributed by atoms with Gasteiger partial charge in [-0.1, -0.05) is 6.07 Å². The van der Waals surface area contributed by atoms with Gasteiger partial charge in [0.05, 0.1) is 11.3 Å². The molecular formula is C22H20N4O3. The van der Waals surface area contributed by atoms with Crippen molar-refractivity contribution < 1.29 is 14.4 Å². The van der Waals surface area contributed by atoms with Crippen LogP contribution in [0.3, 0.4) is 0 Å². The molecule has 0 spiro atoms. The molecule has 7 heteroatoms. The van der Waals surface area contributed by atoms with E-state index in [0.29, 0.717) is 35.5 Å². The number of hydrogen-bond acceptors (Lipinski definition) is 3. The Morgan fingerprint density at radius 1 is 1.17 bits per heavy atom. The van der Waals surface area contributed by atoms with Gasteiger partial charge in [-0.15, -0.1) is 0 Å². The molecule has 0 bridgehead atoms. The van der Waals surface area contributed by atoms with Crippen LogP contribution in [-0.2, 0) is 11.8 Å². The van der Waals surface area contributed by atoms with Crippen LogP contribution in [0.25, 0.3) is 10.9 Å². The predicted molar refractivity (Wildman–Crippen MR) is 110 cm³/mol. The Morgan fingerprint density at radius 3 is 2.90 bits per heavy atom. The van der Waals surface area contributed by atoms with E-state index in [9.17, 15) is 14.4 Å². The first-order valence-corrected chi connectivity index (χ1v) is 9.64. The molecule has 3 aromatic rings. The van der Waals surface area contributed by atoms with Gasteiger partial charge in [-0.2, -0.15) is 0 Å². The molecule has 5 rings (SSSR count). The first-order valence-electron chi connectivity index (χ1n) is 9.64. The molecule has 3 heterocycles. The van der Waals surface area contributed by atoms with E-state index in [0.717, 1.165) is 17.3 Å². The zero-order chi connectivity index (χ0) is 20.1. The number of carbonyl (C=O) groups is 3. The summed E-state index contributed by atoms with van der Waals surface area (Å²) in [5.41, 5.74) is 2.94. The monoisotopic (exact) mass is 388 g/mol. The zero-order valence-corrected chi connectivity index (χ0v) is 15.9. The summed E-state index contributed by atoms with van der Waals surface area (Å²) in [6, 6.07) is 12.1. The van der Waals surface area contributed by atoms with Gasteiger partial charge in [-0.3, -0.25) is 14.4 Å². The Kier molecular flexibility index (Phi) is 3.91. The SMILES string of the molecule is Cn1ccc2c(C(=O)Nc3ccc4c(c3)C(=O)N3CCCC3C(=O)N4)cccc21. The van der Waals surface area contributed by atoms with Crippen molar-refractivity contribution in [2.45, 2.75) is 18.9 Å². The Balaban J connectivity index is 1.47. The number of carbonyl (C=O) groups excluding carboxylic acids is 3. The van der Waals surface area contributed by atoms with E-state index < -0.39 is 6.04 Å². The topological polar surface area (TPSA) is 83.4 Å². The Labute approximate surface area is 167 Å². The third kappa shape index (κ3) is 2.77. The number of anilines is 2. The number of nitrogens with one attached hydrogen (secondary N) is 2. The quantitative estimate of drug-likeness (QED) is 0.708. The lowest BCUT2D eigenvalue weighted by Crippen LogP contribution is -2.40. The van der Waals surface area contributed by atoms with Crippen molar-refractivity contribution in [1.82, 2.24) is 9.47 Å². The first kappa shape index (κ1) is 17.5. The van der Waals surface area contributed by atoms with Crippen molar-refractivity contribution >= 4 is 40.0 Å². The molecule has 146 valence electrons. The van der Waals surface area contributed by atoms with Gasteiger partial charge in [0.15, 0.2) is 0 Å². The third-order valence-corrected chi connectivity index (χ3v) is 5.75. The van der Waals surface area contributed by atoms with Gasteiger partial charge in [0.2, 0.25) is 5.91 Å². The molecule has 1 atom stereocenters. The molecular weight excluding hydrogens is 368 g/mol. The maximum absolute atomic E-state index is 13.0. The number of rotatable bonds is 2. The van der Waals surface area contributed by atoms with Gasteiger partial charge in [0.1, 0.15) is 6.04 Å². The minimum Gasteiger partial charge on any atom is -0.351 e. The van der Waals surface area contributed by atoms with Crippen molar-refractivity contribution in [2.75, 3.05) is 17.2 Å². The normalized spacial score (nSPS) is 18.2. The van der Waals surface area contributed by atoms with Gasteiger partial charge in [0, 0.05) is 41.9 Å². The number of benzene rings is 2. The number of aromatic nitrogens is 1.